The molecule has 102 valence electrons. The van der Waals surface area contributed by atoms with E-state index in [1.54, 1.807) is 12.1 Å². The molecular formula is C11H14N4O4. The van der Waals surface area contributed by atoms with Gasteiger partial charge in [-0.2, -0.15) is 0 Å². The Morgan fingerprint density at radius 1 is 1.16 bits per heavy atom. The maximum absolute atomic E-state index is 11.3. The molecule has 19 heavy (non-hydrogen) atoms. The van der Waals surface area contributed by atoms with Crippen LogP contribution in [0.2, 0.25) is 0 Å². The molecule has 8 nitrogen and oxygen atoms in total. The van der Waals surface area contributed by atoms with Crippen molar-refractivity contribution < 1.29 is 14.5 Å². The Labute approximate surface area is 109 Å². The van der Waals surface area contributed by atoms with Crippen molar-refractivity contribution in [2.24, 2.45) is 5.73 Å². The number of benzene rings is 1. The van der Waals surface area contributed by atoms with Gasteiger partial charge in [-0.1, -0.05) is 12.1 Å². The van der Waals surface area contributed by atoms with Gasteiger partial charge in [0.15, 0.2) is 0 Å². The Kier molecular flexibility index (Phi) is 5.42. The second kappa shape index (κ2) is 7.07. The molecule has 1 aromatic carbocycles. The first-order valence-electron chi connectivity index (χ1n) is 5.49. The van der Waals surface area contributed by atoms with Crippen LogP contribution in [-0.4, -0.2) is 29.8 Å². The number of amides is 2. The molecule has 0 saturated carbocycles. The molecule has 0 radical (unpaired) electrons. The van der Waals surface area contributed by atoms with Gasteiger partial charge in [0.25, 0.3) is 5.69 Å². The van der Waals surface area contributed by atoms with Crippen molar-refractivity contribution in [1.29, 1.82) is 0 Å². The molecular weight excluding hydrogens is 252 g/mol. The molecule has 0 atom stereocenters. The van der Waals surface area contributed by atoms with Gasteiger partial charge >= 0.3 is 0 Å². The lowest BCUT2D eigenvalue weighted by Gasteiger charge is -2.06. The van der Waals surface area contributed by atoms with E-state index in [4.69, 9.17) is 5.73 Å². The highest BCUT2D eigenvalue weighted by Gasteiger charge is 2.06. The van der Waals surface area contributed by atoms with Crippen molar-refractivity contribution in [3.05, 3.63) is 39.9 Å². The predicted molar refractivity (Wildman–Crippen MR) is 67.0 cm³/mol. The quantitative estimate of drug-likeness (QED) is 0.462. The van der Waals surface area contributed by atoms with Crippen molar-refractivity contribution in [3.63, 3.8) is 0 Å². The summed E-state index contributed by atoms with van der Waals surface area (Å²) in [5, 5.41) is 15.3. The second-order valence-electron chi connectivity index (χ2n) is 3.68. The summed E-state index contributed by atoms with van der Waals surface area (Å²) in [4.78, 5) is 32.1. The van der Waals surface area contributed by atoms with E-state index in [0.717, 1.165) is 5.56 Å². The lowest BCUT2D eigenvalue weighted by atomic mass is 10.2. The third kappa shape index (κ3) is 5.13. The van der Waals surface area contributed by atoms with E-state index in [-0.39, 0.29) is 31.2 Å². The summed E-state index contributed by atoms with van der Waals surface area (Å²) in [6.45, 7) is -0.0893. The van der Waals surface area contributed by atoms with Crippen molar-refractivity contribution >= 4 is 17.5 Å². The van der Waals surface area contributed by atoms with E-state index in [2.05, 4.69) is 10.6 Å². The molecule has 8 heteroatoms. The Balaban J connectivity index is 2.37. The zero-order valence-corrected chi connectivity index (χ0v) is 10.1. The van der Waals surface area contributed by atoms with Crippen LogP contribution >= 0.6 is 0 Å². The molecule has 0 unspecified atom stereocenters. The number of non-ortho nitro benzene ring substituents is 1. The van der Waals surface area contributed by atoms with E-state index in [1.807, 2.05) is 0 Å². The first-order valence-corrected chi connectivity index (χ1v) is 5.49. The van der Waals surface area contributed by atoms with E-state index in [9.17, 15) is 19.7 Å². The zero-order valence-electron chi connectivity index (χ0n) is 10.1. The molecule has 0 aliphatic heterocycles. The number of hydrogen-bond donors (Lipinski definition) is 3. The summed E-state index contributed by atoms with van der Waals surface area (Å²) >= 11 is 0. The van der Waals surface area contributed by atoms with E-state index in [0.29, 0.717) is 0 Å². The largest absolute Gasteiger partial charge is 0.350 e. The van der Waals surface area contributed by atoms with Crippen LogP contribution in [0, 0.1) is 10.1 Å². The van der Waals surface area contributed by atoms with Crippen molar-refractivity contribution in [2.45, 2.75) is 6.54 Å². The number of nitro groups is 1. The van der Waals surface area contributed by atoms with Gasteiger partial charge in [0.1, 0.15) is 0 Å². The second-order valence-corrected chi connectivity index (χ2v) is 3.68. The molecule has 0 spiro atoms. The summed E-state index contributed by atoms with van der Waals surface area (Å²) in [5.74, 6) is -0.773. The van der Waals surface area contributed by atoms with Crippen LogP contribution in [0.15, 0.2) is 24.3 Å². The Morgan fingerprint density at radius 3 is 2.32 bits per heavy atom. The molecule has 0 bridgehead atoms. The molecule has 4 N–H and O–H groups in total. The fourth-order valence-corrected chi connectivity index (χ4v) is 1.25. The summed E-state index contributed by atoms with van der Waals surface area (Å²) in [6.07, 6.45) is 0. The lowest BCUT2D eigenvalue weighted by molar-refractivity contribution is -0.384. The van der Waals surface area contributed by atoms with Crippen LogP contribution in [0.1, 0.15) is 5.56 Å². The number of rotatable bonds is 6. The van der Waals surface area contributed by atoms with Crippen LogP contribution in [0.5, 0.6) is 0 Å². The van der Waals surface area contributed by atoms with Gasteiger partial charge in [0, 0.05) is 18.7 Å². The summed E-state index contributed by atoms with van der Waals surface area (Å²) in [7, 11) is 0. The average molecular weight is 266 g/mol. The average Bonchev–Trinajstić information content (AvgIpc) is 2.42. The molecule has 0 aliphatic carbocycles. The van der Waals surface area contributed by atoms with Gasteiger partial charge < -0.3 is 16.4 Å². The fraction of sp³-hybridized carbons (Fsp3) is 0.273. The van der Waals surface area contributed by atoms with E-state index in [1.165, 1.54) is 12.1 Å². The molecule has 2 amide bonds. The Bertz CT molecular complexity index is 472. The zero-order chi connectivity index (χ0) is 14.3. The first-order chi connectivity index (χ1) is 9.02. The lowest BCUT2D eigenvalue weighted by Crippen LogP contribution is -2.39. The standard InChI is InChI=1S/C11H14N4O4/c12-5-10(16)14-7-11(17)13-6-8-1-3-9(4-2-8)15(18)19/h1-4H,5-7,12H2,(H,13,17)(H,14,16). The highest BCUT2D eigenvalue weighted by atomic mass is 16.6. The summed E-state index contributed by atoms with van der Waals surface area (Å²) < 4.78 is 0. The van der Waals surface area contributed by atoms with Crippen LogP contribution in [0.25, 0.3) is 0 Å². The number of hydrogen-bond acceptors (Lipinski definition) is 5. The SMILES string of the molecule is NCC(=O)NCC(=O)NCc1ccc([N+](=O)[O-])cc1. The molecule has 0 fully saturated rings. The number of nitro benzene ring substituents is 1. The number of nitrogens with one attached hydrogen (secondary N) is 2. The minimum absolute atomic E-state index is 0.00899. The number of nitrogens with two attached hydrogens (primary N) is 1. The normalized spacial score (nSPS) is 9.74. The van der Waals surface area contributed by atoms with Gasteiger partial charge in [-0.3, -0.25) is 19.7 Å². The van der Waals surface area contributed by atoms with Gasteiger partial charge in [-0.05, 0) is 5.56 Å². The maximum Gasteiger partial charge on any atom is 0.269 e. The van der Waals surface area contributed by atoms with Crippen LogP contribution in [0.3, 0.4) is 0 Å². The number of carbonyl (C=O) groups excluding carboxylic acids is 2. The molecule has 1 rings (SSSR count). The van der Waals surface area contributed by atoms with Crippen LogP contribution in [0.4, 0.5) is 5.69 Å². The van der Waals surface area contributed by atoms with Crippen molar-refractivity contribution in [2.75, 3.05) is 13.1 Å². The summed E-state index contributed by atoms with van der Waals surface area (Å²) in [6, 6.07) is 5.82. The highest BCUT2D eigenvalue weighted by molar-refractivity contribution is 5.85. The Morgan fingerprint density at radius 2 is 1.79 bits per heavy atom. The van der Waals surface area contributed by atoms with E-state index >= 15 is 0 Å². The van der Waals surface area contributed by atoms with Crippen LogP contribution < -0.4 is 16.4 Å². The monoisotopic (exact) mass is 266 g/mol. The van der Waals surface area contributed by atoms with Gasteiger partial charge in [0.05, 0.1) is 18.0 Å². The fourth-order valence-electron chi connectivity index (χ4n) is 1.25. The first kappa shape index (κ1) is 14.6. The molecule has 0 heterocycles. The smallest absolute Gasteiger partial charge is 0.269 e. The predicted octanol–water partition coefficient (Wildman–Crippen LogP) is -0.714. The van der Waals surface area contributed by atoms with Gasteiger partial charge in [-0.15, -0.1) is 0 Å². The van der Waals surface area contributed by atoms with Crippen LogP contribution in [-0.2, 0) is 16.1 Å². The third-order valence-corrected chi connectivity index (χ3v) is 2.27. The van der Waals surface area contributed by atoms with E-state index < -0.39 is 10.8 Å². The number of carbonyl (C=O) groups is 2. The number of nitrogens with zero attached hydrogens (tertiary/aromatic N) is 1. The third-order valence-electron chi connectivity index (χ3n) is 2.27. The van der Waals surface area contributed by atoms with Crippen molar-refractivity contribution in [1.82, 2.24) is 10.6 Å². The van der Waals surface area contributed by atoms with Crippen molar-refractivity contribution in [3.8, 4) is 0 Å². The summed E-state index contributed by atoms with van der Waals surface area (Å²) in [5.41, 5.74) is 5.78. The molecule has 0 aromatic heterocycles. The molecule has 1 aromatic rings. The minimum Gasteiger partial charge on any atom is -0.350 e. The van der Waals surface area contributed by atoms with Gasteiger partial charge in [0.2, 0.25) is 11.8 Å². The van der Waals surface area contributed by atoms with Gasteiger partial charge in [-0.25, -0.2) is 0 Å². The maximum atomic E-state index is 11.3. The highest BCUT2D eigenvalue weighted by Crippen LogP contribution is 2.11. The topological polar surface area (TPSA) is 127 Å². The Hall–Kier alpha value is -2.48. The minimum atomic E-state index is -0.495. The molecule has 0 aliphatic rings. The molecule has 0 saturated heterocycles.